The van der Waals surface area contributed by atoms with Gasteiger partial charge in [-0.2, -0.15) is 13.2 Å². The minimum Gasteiger partial charge on any atom is -0.376 e. The Morgan fingerprint density at radius 1 is 1.28 bits per heavy atom. The maximum atomic E-state index is 13.0. The van der Waals surface area contributed by atoms with Crippen molar-refractivity contribution in [2.75, 3.05) is 6.54 Å². The molecule has 1 rings (SSSR count). The highest BCUT2D eigenvalue weighted by Gasteiger charge is 2.55. The minimum atomic E-state index is -4.92. The molecule has 1 amide bonds. The van der Waals surface area contributed by atoms with Crippen molar-refractivity contribution in [3.63, 3.8) is 0 Å². The molecule has 0 spiro atoms. The first-order valence-corrected chi connectivity index (χ1v) is 5.42. The third-order valence-electron chi connectivity index (χ3n) is 2.51. The zero-order valence-electron chi connectivity index (χ0n) is 9.79. The smallest absolute Gasteiger partial charge is 0.376 e. The van der Waals surface area contributed by atoms with Gasteiger partial charge < -0.3 is 10.4 Å². The summed E-state index contributed by atoms with van der Waals surface area (Å²) >= 11 is 0. The summed E-state index contributed by atoms with van der Waals surface area (Å²) in [7, 11) is 0. The first-order valence-electron chi connectivity index (χ1n) is 5.42. The van der Waals surface area contributed by atoms with Crippen molar-refractivity contribution < 1.29 is 23.1 Å². The predicted molar refractivity (Wildman–Crippen MR) is 59.7 cm³/mol. The van der Waals surface area contributed by atoms with Crippen LogP contribution >= 0.6 is 0 Å². The van der Waals surface area contributed by atoms with Gasteiger partial charge in [-0.1, -0.05) is 30.3 Å². The maximum absolute atomic E-state index is 13.0. The molecule has 18 heavy (non-hydrogen) atoms. The van der Waals surface area contributed by atoms with Crippen LogP contribution in [0.4, 0.5) is 13.2 Å². The Labute approximate surface area is 103 Å². The van der Waals surface area contributed by atoms with Crippen LogP contribution < -0.4 is 5.32 Å². The summed E-state index contributed by atoms with van der Waals surface area (Å²) in [6.45, 7) is 1.80. The number of hydrogen-bond donors (Lipinski definition) is 2. The van der Waals surface area contributed by atoms with E-state index in [0.29, 0.717) is 0 Å². The fraction of sp³-hybridized carbons (Fsp3) is 0.417. The molecule has 0 fully saturated rings. The Balaban J connectivity index is 3.09. The molecule has 0 heterocycles. The second kappa shape index (κ2) is 5.39. The number of carbonyl (C=O) groups is 1. The normalized spacial score (nSPS) is 14.9. The Morgan fingerprint density at radius 3 is 2.28 bits per heavy atom. The van der Waals surface area contributed by atoms with Gasteiger partial charge in [0.25, 0.3) is 0 Å². The van der Waals surface area contributed by atoms with Gasteiger partial charge in [0.05, 0.1) is 6.42 Å². The topological polar surface area (TPSA) is 49.3 Å². The lowest BCUT2D eigenvalue weighted by molar-refractivity contribution is -0.267. The van der Waals surface area contributed by atoms with Gasteiger partial charge in [-0.25, -0.2) is 0 Å². The van der Waals surface area contributed by atoms with Gasteiger partial charge in [0.2, 0.25) is 5.91 Å². The van der Waals surface area contributed by atoms with E-state index in [1.54, 1.807) is 6.92 Å². The van der Waals surface area contributed by atoms with Gasteiger partial charge in [-0.15, -0.1) is 0 Å². The monoisotopic (exact) mass is 261 g/mol. The SMILES string of the molecule is CCNC(=O)CC(O)(c1ccccc1)C(F)(F)F. The van der Waals surface area contributed by atoms with Crippen LogP contribution in [-0.2, 0) is 10.4 Å². The zero-order chi connectivity index (χ0) is 13.8. The van der Waals surface area contributed by atoms with Crippen LogP contribution in [0, 0.1) is 0 Å². The number of amides is 1. The fourth-order valence-corrected chi connectivity index (χ4v) is 1.57. The van der Waals surface area contributed by atoms with E-state index in [1.165, 1.54) is 18.2 Å². The number of rotatable bonds is 4. The molecule has 1 atom stereocenters. The average Bonchev–Trinajstić information content (AvgIpc) is 2.28. The van der Waals surface area contributed by atoms with Crippen LogP contribution in [0.5, 0.6) is 0 Å². The summed E-state index contributed by atoms with van der Waals surface area (Å²) in [5.74, 6) is -0.846. The van der Waals surface area contributed by atoms with Crippen molar-refractivity contribution in [3.8, 4) is 0 Å². The van der Waals surface area contributed by atoms with Crippen molar-refractivity contribution in [1.82, 2.24) is 5.32 Å². The molecular formula is C12H14F3NO2. The molecule has 0 radical (unpaired) electrons. The van der Waals surface area contributed by atoms with E-state index in [-0.39, 0.29) is 12.1 Å². The van der Waals surface area contributed by atoms with Gasteiger partial charge in [0.15, 0.2) is 5.60 Å². The number of alkyl halides is 3. The van der Waals surface area contributed by atoms with E-state index in [1.807, 2.05) is 0 Å². The molecule has 100 valence electrons. The van der Waals surface area contributed by atoms with Crippen molar-refractivity contribution in [2.24, 2.45) is 0 Å². The van der Waals surface area contributed by atoms with Gasteiger partial charge >= 0.3 is 6.18 Å². The quantitative estimate of drug-likeness (QED) is 0.870. The molecule has 0 saturated heterocycles. The molecule has 0 aromatic heterocycles. The second-order valence-corrected chi connectivity index (χ2v) is 3.85. The summed E-state index contributed by atoms with van der Waals surface area (Å²) < 4.78 is 38.9. The van der Waals surface area contributed by atoms with E-state index in [2.05, 4.69) is 5.32 Å². The molecule has 1 aromatic rings. The summed E-state index contributed by atoms with van der Waals surface area (Å²) in [5, 5.41) is 12.1. The highest BCUT2D eigenvalue weighted by Crippen LogP contribution is 2.41. The third kappa shape index (κ3) is 3.01. The third-order valence-corrected chi connectivity index (χ3v) is 2.51. The van der Waals surface area contributed by atoms with E-state index in [9.17, 15) is 23.1 Å². The summed E-state index contributed by atoms with van der Waals surface area (Å²) in [6, 6.07) is 6.58. The molecule has 1 aromatic carbocycles. The maximum Gasteiger partial charge on any atom is 0.421 e. The van der Waals surface area contributed by atoms with Crippen molar-refractivity contribution in [2.45, 2.75) is 25.1 Å². The number of halogens is 3. The first kappa shape index (κ1) is 14.5. The summed E-state index contributed by atoms with van der Waals surface area (Å²) in [5.41, 5.74) is -3.50. The van der Waals surface area contributed by atoms with Gasteiger partial charge in [-0.3, -0.25) is 4.79 Å². The van der Waals surface area contributed by atoms with Crippen molar-refractivity contribution in [3.05, 3.63) is 35.9 Å². The Bertz CT molecular complexity index is 406. The lowest BCUT2D eigenvalue weighted by Gasteiger charge is -2.30. The minimum absolute atomic E-state index is 0.210. The lowest BCUT2D eigenvalue weighted by Crippen LogP contribution is -2.46. The number of carbonyl (C=O) groups excluding carboxylic acids is 1. The predicted octanol–water partition coefficient (Wildman–Crippen LogP) is 1.96. The molecule has 6 heteroatoms. The molecular weight excluding hydrogens is 247 g/mol. The summed E-state index contributed by atoms with van der Waals surface area (Å²) in [4.78, 5) is 11.3. The van der Waals surface area contributed by atoms with E-state index in [4.69, 9.17) is 0 Å². The van der Waals surface area contributed by atoms with Gasteiger partial charge in [0.1, 0.15) is 0 Å². The molecule has 0 aliphatic heterocycles. The number of hydrogen-bond acceptors (Lipinski definition) is 2. The molecule has 0 aliphatic rings. The fourth-order valence-electron chi connectivity index (χ4n) is 1.57. The molecule has 3 nitrogen and oxygen atoms in total. The standard InChI is InChI=1S/C12H14F3NO2/c1-2-16-10(17)8-11(18,12(13,14)15)9-6-4-3-5-7-9/h3-7,18H,2,8H2,1H3,(H,16,17). The van der Waals surface area contributed by atoms with Crippen molar-refractivity contribution in [1.29, 1.82) is 0 Å². The average molecular weight is 261 g/mol. The Morgan fingerprint density at radius 2 is 1.83 bits per heavy atom. The molecule has 2 N–H and O–H groups in total. The van der Waals surface area contributed by atoms with Crippen LogP contribution in [0.1, 0.15) is 18.9 Å². The van der Waals surface area contributed by atoms with E-state index in [0.717, 1.165) is 12.1 Å². The van der Waals surface area contributed by atoms with Gasteiger partial charge in [-0.05, 0) is 12.5 Å². The van der Waals surface area contributed by atoms with Crippen LogP contribution in [0.3, 0.4) is 0 Å². The number of nitrogens with one attached hydrogen (secondary N) is 1. The molecule has 0 bridgehead atoms. The largest absolute Gasteiger partial charge is 0.421 e. The van der Waals surface area contributed by atoms with Crippen molar-refractivity contribution >= 4 is 5.91 Å². The van der Waals surface area contributed by atoms with Crippen LogP contribution in [0.25, 0.3) is 0 Å². The molecule has 1 unspecified atom stereocenters. The molecule has 0 saturated carbocycles. The Hall–Kier alpha value is -1.56. The van der Waals surface area contributed by atoms with E-state index < -0.39 is 24.1 Å². The zero-order valence-corrected chi connectivity index (χ0v) is 9.79. The number of aliphatic hydroxyl groups is 1. The van der Waals surface area contributed by atoms with Crippen LogP contribution in [-0.4, -0.2) is 23.7 Å². The summed E-state index contributed by atoms with van der Waals surface area (Å²) in [6.07, 6.45) is -5.96. The lowest BCUT2D eigenvalue weighted by atomic mass is 9.89. The van der Waals surface area contributed by atoms with Gasteiger partial charge in [0, 0.05) is 6.54 Å². The van der Waals surface area contributed by atoms with E-state index >= 15 is 0 Å². The first-order chi connectivity index (χ1) is 8.31. The highest BCUT2D eigenvalue weighted by molar-refractivity contribution is 5.77. The Kier molecular flexibility index (Phi) is 4.34. The van der Waals surface area contributed by atoms with Crippen LogP contribution in [0.15, 0.2) is 30.3 Å². The second-order valence-electron chi connectivity index (χ2n) is 3.85. The molecule has 0 aliphatic carbocycles. The highest BCUT2D eigenvalue weighted by atomic mass is 19.4. The van der Waals surface area contributed by atoms with Crippen LogP contribution in [0.2, 0.25) is 0 Å². The number of benzene rings is 1.